The number of hydrogen-bond donors (Lipinski definition) is 1. The summed E-state index contributed by atoms with van der Waals surface area (Å²) < 4.78 is 4.98. The first-order chi connectivity index (χ1) is 8.08. The topological polar surface area (TPSA) is 55.4 Å². The first kappa shape index (κ1) is 13.5. The van der Waals surface area contributed by atoms with E-state index in [4.69, 9.17) is 16.3 Å². The second-order valence-electron chi connectivity index (χ2n) is 3.40. The van der Waals surface area contributed by atoms with Crippen molar-refractivity contribution in [3.8, 4) is 5.75 Å². The van der Waals surface area contributed by atoms with Gasteiger partial charge in [-0.2, -0.15) is 0 Å². The van der Waals surface area contributed by atoms with Crippen molar-refractivity contribution in [3.05, 3.63) is 28.8 Å². The van der Waals surface area contributed by atoms with Crippen LogP contribution in [0.25, 0.3) is 0 Å². The van der Waals surface area contributed by atoms with Gasteiger partial charge >= 0.3 is 0 Å². The average Bonchev–Trinajstić information content (AvgIpc) is 2.35. The van der Waals surface area contributed by atoms with Crippen molar-refractivity contribution in [2.75, 3.05) is 13.7 Å². The van der Waals surface area contributed by atoms with Crippen LogP contribution in [0.2, 0.25) is 5.02 Å². The van der Waals surface area contributed by atoms with Crippen LogP contribution >= 0.6 is 11.6 Å². The molecule has 1 amide bonds. The van der Waals surface area contributed by atoms with Gasteiger partial charge in [0.15, 0.2) is 5.78 Å². The van der Waals surface area contributed by atoms with Crippen LogP contribution in [0, 0.1) is 0 Å². The van der Waals surface area contributed by atoms with Gasteiger partial charge in [-0.1, -0.05) is 18.5 Å². The van der Waals surface area contributed by atoms with Crippen molar-refractivity contribution < 1.29 is 14.3 Å². The van der Waals surface area contributed by atoms with Crippen LogP contribution in [0.5, 0.6) is 5.75 Å². The highest BCUT2D eigenvalue weighted by molar-refractivity contribution is 6.32. The molecule has 0 atom stereocenters. The van der Waals surface area contributed by atoms with Gasteiger partial charge in [0.25, 0.3) is 0 Å². The van der Waals surface area contributed by atoms with Crippen molar-refractivity contribution in [2.24, 2.45) is 0 Å². The molecule has 5 heteroatoms. The zero-order valence-electron chi connectivity index (χ0n) is 9.75. The lowest BCUT2D eigenvalue weighted by Gasteiger charge is -2.06. The SMILES string of the molecule is CCC(=O)NCC(=O)c1ccc(OC)c(Cl)c1. The Labute approximate surface area is 105 Å². The van der Waals surface area contributed by atoms with Gasteiger partial charge in [-0.3, -0.25) is 9.59 Å². The summed E-state index contributed by atoms with van der Waals surface area (Å²) in [6.45, 7) is 1.71. The lowest BCUT2D eigenvalue weighted by molar-refractivity contribution is -0.120. The number of nitrogens with one attached hydrogen (secondary N) is 1. The van der Waals surface area contributed by atoms with E-state index in [2.05, 4.69) is 5.32 Å². The van der Waals surface area contributed by atoms with Crippen molar-refractivity contribution in [2.45, 2.75) is 13.3 Å². The molecule has 0 unspecified atom stereocenters. The third kappa shape index (κ3) is 3.75. The summed E-state index contributed by atoms with van der Waals surface area (Å²) in [5.74, 6) is 0.176. The Balaban J connectivity index is 2.69. The molecule has 1 rings (SSSR count). The highest BCUT2D eigenvalue weighted by atomic mass is 35.5. The first-order valence-corrected chi connectivity index (χ1v) is 5.59. The molecule has 4 nitrogen and oxygen atoms in total. The number of amides is 1. The molecule has 0 radical (unpaired) electrons. The standard InChI is InChI=1S/C12H14ClNO3/c1-3-12(16)14-7-10(15)8-4-5-11(17-2)9(13)6-8/h4-6H,3,7H2,1-2H3,(H,14,16). The van der Waals surface area contributed by atoms with E-state index in [-0.39, 0.29) is 18.2 Å². The van der Waals surface area contributed by atoms with Gasteiger partial charge in [0.2, 0.25) is 5.91 Å². The van der Waals surface area contributed by atoms with Gasteiger partial charge in [-0.15, -0.1) is 0 Å². The number of methoxy groups -OCH3 is 1. The van der Waals surface area contributed by atoms with Crippen molar-refractivity contribution in [1.29, 1.82) is 0 Å². The van der Waals surface area contributed by atoms with E-state index in [9.17, 15) is 9.59 Å². The average molecular weight is 256 g/mol. The van der Waals surface area contributed by atoms with E-state index in [1.54, 1.807) is 19.1 Å². The summed E-state index contributed by atoms with van der Waals surface area (Å²) in [6.07, 6.45) is 0.358. The van der Waals surface area contributed by atoms with Crippen LogP contribution < -0.4 is 10.1 Å². The highest BCUT2D eigenvalue weighted by Gasteiger charge is 2.09. The quantitative estimate of drug-likeness (QED) is 0.820. The van der Waals surface area contributed by atoms with Crippen LogP contribution in [0.4, 0.5) is 0 Å². The Morgan fingerprint density at radius 3 is 2.65 bits per heavy atom. The molecule has 0 saturated heterocycles. The number of benzene rings is 1. The zero-order valence-corrected chi connectivity index (χ0v) is 10.5. The normalized spacial score (nSPS) is 9.82. The zero-order chi connectivity index (χ0) is 12.8. The molecule has 1 aromatic rings. The van der Waals surface area contributed by atoms with Crippen molar-refractivity contribution in [1.82, 2.24) is 5.32 Å². The van der Waals surface area contributed by atoms with E-state index in [0.717, 1.165) is 0 Å². The maximum absolute atomic E-state index is 11.7. The minimum atomic E-state index is -0.184. The molecule has 0 aliphatic rings. The number of carbonyl (C=O) groups excluding carboxylic acids is 2. The van der Waals surface area contributed by atoms with E-state index in [1.165, 1.54) is 13.2 Å². The summed E-state index contributed by atoms with van der Waals surface area (Å²) in [7, 11) is 1.50. The number of ether oxygens (including phenoxy) is 1. The number of Topliss-reactive ketones (excluding diaryl/α,β-unsaturated/α-hetero) is 1. The molecule has 1 N–H and O–H groups in total. The largest absolute Gasteiger partial charge is 0.495 e. The number of rotatable bonds is 5. The minimum absolute atomic E-state index is 0.0185. The van der Waals surface area contributed by atoms with E-state index in [0.29, 0.717) is 22.8 Å². The summed E-state index contributed by atoms with van der Waals surface area (Å²) >= 11 is 5.90. The van der Waals surface area contributed by atoms with Crippen LogP contribution in [0.1, 0.15) is 23.7 Å². The molecule has 0 fully saturated rings. The second-order valence-corrected chi connectivity index (χ2v) is 3.81. The van der Waals surface area contributed by atoms with Crippen LogP contribution in [0.3, 0.4) is 0 Å². The second kappa shape index (κ2) is 6.25. The molecular weight excluding hydrogens is 242 g/mol. The van der Waals surface area contributed by atoms with E-state index >= 15 is 0 Å². The fraction of sp³-hybridized carbons (Fsp3) is 0.333. The molecular formula is C12H14ClNO3. The van der Waals surface area contributed by atoms with Crippen molar-refractivity contribution >= 4 is 23.3 Å². The summed E-state index contributed by atoms with van der Waals surface area (Å²) in [5, 5.41) is 2.89. The minimum Gasteiger partial charge on any atom is -0.495 e. The molecule has 0 aliphatic heterocycles. The van der Waals surface area contributed by atoms with Gasteiger partial charge in [0, 0.05) is 12.0 Å². The molecule has 0 aromatic heterocycles. The van der Waals surface area contributed by atoms with E-state index in [1.807, 2.05) is 0 Å². The monoisotopic (exact) mass is 255 g/mol. The third-order valence-electron chi connectivity index (χ3n) is 2.24. The summed E-state index contributed by atoms with van der Waals surface area (Å²) in [5.41, 5.74) is 0.451. The van der Waals surface area contributed by atoms with Gasteiger partial charge in [-0.05, 0) is 18.2 Å². The predicted molar refractivity (Wildman–Crippen MR) is 65.6 cm³/mol. The van der Waals surface area contributed by atoms with Gasteiger partial charge in [-0.25, -0.2) is 0 Å². The van der Waals surface area contributed by atoms with Crippen LogP contribution in [-0.4, -0.2) is 25.3 Å². The molecule has 17 heavy (non-hydrogen) atoms. The lowest BCUT2D eigenvalue weighted by Crippen LogP contribution is -2.28. The Bertz CT molecular complexity index is 432. The maximum Gasteiger partial charge on any atom is 0.220 e. The number of carbonyl (C=O) groups is 2. The van der Waals surface area contributed by atoms with E-state index < -0.39 is 0 Å². The van der Waals surface area contributed by atoms with Crippen molar-refractivity contribution in [3.63, 3.8) is 0 Å². The molecule has 0 heterocycles. The van der Waals surface area contributed by atoms with Gasteiger partial charge < -0.3 is 10.1 Å². The molecule has 1 aromatic carbocycles. The van der Waals surface area contributed by atoms with Gasteiger partial charge in [0.1, 0.15) is 5.75 Å². The summed E-state index contributed by atoms with van der Waals surface area (Å²) in [6, 6.07) is 4.77. The third-order valence-corrected chi connectivity index (χ3v) is 2.54. The molecule has 0 saturated carbocycles. The number of hydrogen-bond acceptors (Lipinski definition) is 3. The predicted octanol–water partition coefficient (Wildman–Crippen LogP) is 2.06. The Morgan fingerprint density at radius 2 is 2.12 bits per heavy atom. The fourth-order valence-electron chi connectivity index (χ4n) is 1.25. The first-order valence-electron chi connectivity index (χ1n) is 5.22. The van der Waals surface area contributed by atoms with Gasteiger partial charge in [0.05, 0.1) is 18.7 Å². The number of ketones is 1. The lowest BCUT2D eigenvalue weighted by atomic mass is 10.1. The molecule has 0 bridgehead atoms. The number of halogens is 1. The Morgan fingerprint density at radius 1 is 1.41 bits per heavy atom. The fourth-order valence-corrected chi connectivity index (χ4v) is 1.50. The molecule has 92 valence electrons. The highest BCUT2D eigenvalue weighted by Crippen LogP contribution is 2.24. The van der Waals surface area contributed by atoms with Crippen LogP contribution in [-0.2, 0) is 4.79 Å². The summed E-state index contributed by atoms with van der Waals surface area (Å²) in [4.78, 5) is 22.7. The smallest absolute Gasteiger partial charge is 0.220 e. The molecule has 0 spiro atoms. The Kier molecular flexibility index (Phi) is 4.97. The maximum atomic E-state index is 11.7. The van der Waals surface area contributed by atoms with Crippen LogP contribution in [0.15, 0.2) is 18.2 Å². The molecule has 0 aliphatic carbocycles. The Hall–Kier alpha value is -1.55.